The minimum atomic E-state index is -0.228. The van der Waals surface area contributed by atoms with Crippen molar-refractivity contribution in [2.75, 3.05) is 5.32 Å². The normalized spacial score (nSPS) is 11.0. The van der Waals surface area contributed by atoms with Crippen molar-refractivity contribution >= 4 is 39.1 Å². The zero-order chi connectivity index (χ0) is 19.0. The summed E-state index contributed by atoms with van der Waals surface area (Å²) in [5.74, 6) is -0.228. The maximum absolute atomic E-state index is 12.7. The van der Waals surface area contributed by atoms with Crippen LogP contribution in [-0.2, 0) is 13.6 Å². The number of carbonyl (C=O) groups excluding carboxylic acids is 1. The Morgan fingerprint density at radius 3 is 2.58 bits per heavy atom. The van der Waals surface area contributed by atoms with E-state index in [0.717, 1.165) is 22.6 Å². The van der Waals surface area contributed by atoms with Crippen LogP contribution in [0.25, 0.3) is 0 Å². The highest BCUT2D eigenvalue weighted by Gasteiger charge is 2.21. The predicted molar refractivity (Wildman–Crippen MR) is 106 cm³/mol. The standard InChI is InChI=1S/C18H19BrClN5O/c1-10-15(19)17(24(4)22-10)18(26)21-16-11(2)23-25(12(16)3)9-13-6-5-7-14(20)8-13/h5-8H,9H2,1-4H3,(H,21,26). The van der Waals surface area contributed by atoms with Crippen molar-refractivity contribution in [2.24, 2.45) is 7.05 Å². The van der Waals surface area contributed by atoms with Gasteiger partial charge in [-0.15, -0.1) is 0 Å². The van der Waals surface area contributed by atoms with E-state index in [2.05, 4.69) is 31.4 Å². The first-order chi connectivity index (χ1) is 12.3. The van der Waals surface area contributed by atoms with Gasteiger partial charge in [0.15, 0.2) is 0 Å². The highest BCUT2D eigenvalue weighted by molar-refractivity contribution is 9.10. The van der Waals surface area contributed by atoms with Crippen molar-refractivity contribution in [1.29, 1.82) is 0 Å². The highest BCUT2D eigenvalue weighted by Crippen LogP contribution is 2.25. The fourth-order valence-electron chi connectivity index (χ4n) is 2.89. The Morgan fingerprint density at radius 2 is 1.96 bits per heavy atom. The van der Waals surface area contributed by atoms with Gasteiger partial charge in [-0.1, -0.05) is 23.7 Å². The summed E-state index contributed by atoms with van der Waals surface area (Å²) < 4.78 is 4.12. The van der Waals surface area contributed by atoms with E-state index in [0.29, 0.717) is 27.4 Å². The van der Waals surface area contributed by atoms with Gasteiger partial charge in [0.05, 0.1) is 33.8 Å². The van der Waals surface area contributed by atoms with Crippen molar-refractivity contribution in [3.63, 3.8) is 0 Å². The van der Waals surface area contributed by atoms with E-state index in [-0.39, 0.29) is 5.91 Å². The molecule has 0 spiro atoms. The maximum atomic E-state index is 12.7. The summed E-state index contributed by atoms with van der Waals surface area (Å²) in [6.07, 6.45) is 0. The Bertz CT molecular complexity index is 992. The lowest BCUT2D eigenvalue weighted by Gasteiger charge is -2.08. The van der Waals surface area contributed by atoms with Crippen molar-refractivity contribution in [3.8, 4) is 0 Å². The summed E-state index contributed by atoms with van der Waals surface area (Å²) in [6.45, 7) is 6.24. The molecule has 0 unspecified atom stereocenters. The molecule has 6 nitrogen and oxygen atoms in total. The molecule has 0 aliphatic heterocycles. The van der Waals surface area contributed by atoms with Crippen LogP contribution >= 0.6 is 27.5 Å². The van der Waals surface area contributed by atoms with Gasteiger partial charge in [0.1, 0.15) is 5.69 Å². The summed E-state index contributed by atoms with van der Waals surface area (Å²) in [5, 5.41) is 12.5. The molecule has 0 aliphatic rings. The van der Waals surface area contributed by atoms with Crippen molar-refractivity contribution in [2.45, 2.75) is 27.3 Å². The highest BCUT2D eigenvalue weighted by atomic mass is 79.9. The number of aryl methyl sites for hydroxylation is 3. The first-order valence-corrected chi connectivity index (χ1v) is 9.24. The second-order valence-corrected chi connectivity index (χ2v) is 7.39. The monoisotopic (exact) mass is 435 g/mol. The van der Waals surface area contributed by atoms with E-state index < -0.39 is 0 Å². The summed E-state index contributed by atoms with van der Waals surface area (Å²) in [6, 6.07) is 7.65. The molecule has 0 aliphatic carbocycles. The van der Waals surface area contributed by atoms with Crippen molar-refractivity contribution < 1.29 is 4.79 Å². The number of halogens is 2. The van der Waals surface area contributed by atoms with Gasteiger partial charge in [0.25, 0.3) is 5.91 Å². The summed E-state index contributed by atoms with van der Waals surface area (Å²) >= 11 is 9.49. The second-order valence-electron chi connectivity index (χ2n) is 6.16. The topological polar surface area (TPSA) is 64.7 Å². The number of nitrogens with zero attached hydrogens (tertiary/aromatic N) is 4. The van der Waals surface area contributed by atoms with Crippen LogP contribution in [0.4, 0.5) is 5.69 Å². The molecule has 2 heterocycles. The third kappa shape index (κ3) is 3.54. The fourth-order valence-corrected chi connectivity index (χ4v) is 3.62. The largest absolute Gasteiger partial charge is 0.317 e. The van der Waals surface area contributed by atoms with Crippen LogP contribution in [0, 0.1) is 20.8 Å². The van der Waals surface area contributed by atoms with E-state index in [9.17, 15) is 4.79 Å². The Morgan fingerprint density at radius 1 is 1.23 bits per heavy atom. The van der Waals surface area contributed by atoms with Gasteiger partial charge in [-0.05, 0) is 54.4 Å². The third-order valence-electron chi connectivity index (χ3n) is 4.21. The van der Waals surface area contributed by atoms with Gasteiger partial charge in [-0.3, -0.25) is 14.2 Å². The number of anilines is 1. The molecule has 1 aromatic carbocycles. The van der Waals surface area contributed by atoms with Crippen LogP contribution in [0.15, 0.2) is 28.7 Å². The van der Waals surface area contributed by atoms with Crippen LogP contribution in [0.2, 0.25) is 5.02 Å². The number of hydrogen-bond acceptors (Lipinski definition) is 3. The molecular weight excluding hydrogens is 418 g/mol. The Labute approximate surface area is 165 Å². The number of carbonyl (C=O) groups is 1. The van der Waals surface area contributed by atoms with Crippen LogP contribution in [-0.4, -0.2) is 25.5 Å². The van der Waals surface area contributed by atoms with E-state index in [4.69, 9.17) is 11.6 Å². The zero-order valence-corrected chi connectivity index (χ0v) is 17.3. The molecule has 0 atom stereocenters. The lowest BCUT2D eigenvalue weighted by Crippen LogP contribution is -2.17. The maximum Gasteiger partial charge on any atom is 0.275 e. The molecule has 1 amide bonds. The van der Waals surface area contributed by atoms with Gasteiger partial charge in [-0.25, -0.2) is 0 Å². The van der Waals surface area contributed by atoms with Crippen LogP contribution in [0.1, 0.15) is 33.1 Å². The van der Waals surface area contributed by atoms with Gasteiger partial charge in [0.2, 0.25) is 0 Å². The zero-order valence-electron chi connectivity index (χ0n) is 15.0. The Hall–Kier alpha value is -2.12. The van der Waals surface area contributed by atoms with E-state index in [1.54, 1.807) is 11.7 Å². The number of nitrogens with one attached hydrogen (secondary N) is 1. The Balaban J connectivity index is 1.87. The molecule has 2 aromatic heterocycles. The molecule has 3 aromatic rings. The fraction of sp³-hybridized carbons (Fsp3) is 0.278. The average Bonchev–Trinajstić information content (AvgIpc) is 2.97. The molecule has 3 rings (SSSR count). The number of rotatable bonds is 4. The van der Waals surface area contributed by atoms with Crippen LogP contribution in [0.5, 0.6) is 0 Å². The minimum absolute atomic E-state index is 0.228. The molecule has 26 heavy (non-hydrogen) atoms. The molecule has 136 valence electrons. The first kappa shape index (κ1) is 18.7. The molecule has 1 N–H and O–H groups in total. The lowest BCUT2D eigenvalue weighted by atomic mass is 10.2. The molecule has 0 saturated carbocycles. The average molecular weight is 437 g/mol. The van der Waals surface area contributed by atoms with E-state index in [1.807, 2.05) is 49.7 Å². The lowest BCUT2D eigenvalue weighted by molar-refractivity contribution is 0.101. The molecule has 0 radical (unpaired) electrons. The molecule has 8 heteroatoms. The minimum Gasteiger partial charge on any atom is -0.317 e. The van der Waals surface area contributed by atoms with Gasteiger partial charge in [0, 0.05) is 12.1 Å². The third-order valence-corrected chi connectivity index (χ3v) is 5.39. The summed E-state index contributed by atoms with van der Waals surface area (Å²) in [4.78, 5) is 12.7. The van der Waals surface area contributed by atoms with Gasteiger partial charge >= 0.3 is 0 Å². The number of benzene rings is 1. The van der Waals surface area contributed by atoms with E-state index >= 15 is 0 Å². The summed E-state index contributed by atoms with van der Waals surface area (Å²) in [5.41, 5.74) is 4.64. The van der Waals surface area contributed by atoms with Crippen molar-refractivity contribution in [1.82, 2.24) is 19.6 Å². The number of hydrogen-bond donors (Lipinski definition) is 1. The second kappa shape index (κ2) is 7.25. The smallest absolute Gasteiger partial charge is 0.275 e. The van der Waals surface area contributed by atoms with Gasteiger partial charge < -0.3 is 5.32 Å². The molecular formula is C18H19BrClN5O. The number of aromatic nitrogens is 4. The number of amides is 1. The summed E-state index contributed by atoms with van der Waals surface area (Å²) in [7, 11) is 1.74. The van der Waals surface area contributed by atoms with Crippen LogP contribution in [0.3, 0.4) is 0 Å². The first-order valence-electron chi connectivity index (χ1n) is 8.06. The van der Waals surface area contributed by atoms with Crippen LogP contribution < -0.4 is 5.32 Å². The molecule has 0 bridgehead atoms. The quantitative estimate of drug-likeness (QED) is 0.664. The Kier molecular flexibility index (Phi) is 5.20. The molecule has 0 fully saturated rings. The predicted octanol–water partition coefficient (Wildman–Crippen LogP) is 4.26. The van der Waals surface area contributed by atoms with E-state index in [1.165, 1.54) is 0 Å². The molecule has 0 saturated heterocycles. The van der Waals surface area contributed by atoms with Gasteiger partial charge in [-0.2, -0.15) is 10.2 Å². The van der Waals surface area contributed by atoms with Crippen molar-refractivity contribution in [3.05, 3.63) is 62.1 Å². The SMILES string of the molecule is Cc1nn(C)c(C(=O)Nc2c(C)nn(Cc3cccc(Cl)c3)c2C)c1Br.